The third-order valence-electron chi connectivity index (χ3n) is 2.33. The maximum atomic E-state index is 10.5. The Kier molecular flexibility index (Phi) is 2.21. The number of rotatable bonds is 2. The van der Waals surface area contributed by atoms with E-state index in [1.807, 2.05) is 0 Å². The number of nitro groups is 1. The van der Waals surface area contributed by atoms with E-state index < -0.39 is 0 Å². The van der Waals surface area contributed by atoms with E-state index in [4.69, 9.17) is 4.74 Å². The summed E-state index contributed by atoms with van der Waals surface area (Å²) in [7, 11) is 1.61. The van der Waals surface area contributed by atoms with Gasteiger partial charge in [-0.25, -0.2) is 0 Å². The molecule has 2 radical (unpaired) electrons. The lowest BCUT2D eigenvalue weighted by atomic mass is 10.1. The molecule has 0 saturated heterocycles. The highest BCUT2D eigenvalue weighted by atomic mass is 16.6. The maximum absolute atomic E-state index is 10.5. The van der Waals surface area contributed by atoms with Crippen molar-refractivity contribution >= 4 is 5.69 Å². The predicted molar refractivity (Wildman–Crippen MR) is 49.8 cm³/mol. The van der Waals surface area contributed by atoms with E-state index in [9.17, 15) is 10.1 Å². The molecule has 0 bridgehead atoms. The number of fused-ring (bicyclic) bond motifs is 1. The molecule has 0 heterocycles. The minimum absolute atomic E-state index is 0.127. The smallest absolute Gasteiger partial charge is 0.269 e. The van der Waals surface area contributed by atoms with E-state index in [-0.39, 0.29) is 16.7 Å². The van der Waals surface area contributed by atoms with Gasteiger partial charge in [-0.05, 0) is 23.6 Å². The van der Waals surface area contributed by atoms with Crippen LogP contribution >= 0.6 is 0 Å². The molecule has 1 atom stereocenters. The zero-order valence-electron chi connectivity index (χ0n) is 7.69. The zero-order chi connectivity index (χ0) is 10.1. The summed E-state index contributed by atoms with van der Waals surface area (Å²) in [5, 5.41) is 10.5. The van der Waals surface area contributed by atoms with Crippen molar-refractivity contribution in [2.24, 2.45) is 0 Å². The number of methoxy groups -OCH3 is 1. The number of non-ortho nitro benzene ring substituents is 1. The van der Waals surface area contributed by atoms with Gasteiger partial charge in [-0.2, -0.15) is 0 Å². The fraction of sp³-hybridized carbons (Fsp3) is 0.300. The molecule has 1 aromatic carbocycles. The van der Waals surface area contributed by atoms with Crippen molar-refractivity contribution in [1.82, 2.24) is 0 Å². The average molecular weight is 191 g/mol. The van der Waals surface area contributed by atoms with Crippen molar-refractivity contribution in [3.63, 3.8) is 0 Å². The van der Waals surface area contributed by atoms with Gasteiger partial charge in [0, 0.05) is 25.7 Å². The molecule has 1 aromatic rings. The summed E-state index contributed by atoms with van der Waals surface area (Å²) in [5.41, 5.74) is 2.05. The van der Waals surface area contributed by atoms with E-state index in [2.05, 4.69) is 6.42 Å². The Morgan fingerprint density at radius 2 is 2.43 bits per heavy atom. The first-order valence-electron chi connectivity index (χ1n) is 4.26. The van der Waals surface area contributed by atoms with Crippen molar-refractivity contribution in [3.8, 4) is 0 Å². The van der Waals surface area contributed by atoms with E-state index in [1.165, 1.54) is 6.07 Å². The molecule has 1 unspecified atom stereocenters. The maximum Gasteiger partial charge on any atom is 0.269 e. The van der Waals surface area contributed by atoms with Gasteiger partial charge in [0.15, 0.2) is 0 Å². The molecular weight excluding hydrogens is 182 g/mol. The molecule has 1 aliphatic carbocycles. The standard InChI is InChI=1S/C10H9NO3/c1-14-10-5-2-7-6-8(11(12)13)3-4-9(7)10/h3-4,6,10H,2H2,1H3. The molecule has 0 fully saturated rings. The number of nitro benzene ring substituents is 1. The number of hydrogen-bond donors (Lipinski definition) is 0. The summed E-state index contributed by atoms with van der Waals surface area (Å²) >= 11 is 0. The lowest BCUT2D eigenvalue weighted by molar-refractivity contribution is -0.384. The van der Waals surface area contributed by atoms with E-state index >= 15 is 0 Å². The van der Waals surface area contributed by atoms with Gasteiger partial charge in [-0.3, -0.25) is 10.1 Å². The van der Waals surface area contributed by atoms with E-state index in [1.54, 1.807) is 19.2 Å². The monoisotopic (exact) mass is 191 g/mol. The van der Waals surface area contributed by atoms with Crippen LogP contribution in [0.5, 0.6) is 0 Å². The highest BCUT2D eigenvalue weighted by molar-refractivity contribution is 5.45. The Morgan fingerprint density at radius 3 is 3.07 bits per heavy atom. The van der Waals surface area contributed by atoms with Crippen LogP contribution in [0.15, 0.2) is 18.2 Å². The molecule has 0 N–H and O–H groups in total. The first-order valence-corrected chi connectivity index (χ1v) is 4.26. The Balaban J connectivity index is 2.39. The fourth-order valence-corrected chi connectivity index (χ4v) is 1.64. The molecule has 2 rings (SSSR count). The second-order valence-electron chi connectivity index (χ2n) is 3.14. The van der Waals surface area contributed by atoms with E-state index in [0.717, 1.165) is 11.1 Å². The zero-order valence-corrected chi connectivity index (χ0v) is 7.69. The summed E-state index contributed by atoms with van der Waals surface area (Å²) in [6.07, 6.45) is 3.58. The van der Waals surface area contributed by atoms with Crippen molar-refractivity contribution < 1.29 is 9.66 Å². The Morgan fingerprint density at radius 1 is 1.64 bits per heavy atom. The summed E-state index contributed by atoms with van der Waals surface area (Å²) in [6, 6.07) is 4.82. The molecule has 4 heteroatoms. The van der Waals surface area contributed by atoms with E-state index in [0.29, 0.717) is 6.42 Å². The van der Waals surface area contributed by atoms with Crippen molar-refractivity contribution in [1.29, 1.82) is 0 Å². The van der Waals surface area contributed by atoms with Crippen LogP contribution in [0, 0.1) is 16.5 Å². The normalized spacial score (nSPS) is 19.4. The fourth-order valence-electron chi connectivity index (χ4n) is 1.64. The first-order chi connectivity index (χ1) is 6.72. The molecule has 1 aliphatic rings. The third kappa shape index (κ3) is 1.37. The van der Waals surface area contributed by atoms with Gasteiger partial charge < -0.3 is 4.74 Å². The summed E-state index contributed by atoms with van der Waals surface area (Å²) in [6.45, 7) is 0. The van der Waals surface area contributed by atoms with Gasteiger partial charge in [-0.1, -0.05) is 0 Å². The van der Waals surface area contributed by atoms with Crippen LogP contribution in [-0.4, -0.2) is 12.0 Å². The van der Waals surface area contributed by atoms with Crippen molar-refractivity contribution in [3.05, 3.63) is 45.9 Å². The Hall–Kier alpha value is -1.42. The number of ether oxygens (including phenoxy) is 1. The lowest BCUT2D eigenvalue weighted by Gasteiger charge is -2.07. The molecule has 0 saturated carbocycles. The highest BCUT2D eigenvalue weighted by Gasteiger charge is 2.24. The van der Waals surface area contributed by atoms with Crippen LogP contribution in [0.3, 0.4) is 0 Å². The van der Waals surface area contributed by atoms with Gasteiger partial charge in [0.1, 0.15) is 0 Å². The molecule has 0 amide bonds. The predicted octanol–water partition coefficient (Wildman–Crippen LogP) is 1.92. The quantitative estimate of drug-likeness (QED) is 0.530. The van der Waals surface area contributed by atoms with Gasteiger partial charge in [0.2, 0.25) is 0 Å². The topological polar surface area (TPSA) is 52.4 Å². The van der Waals surface area contributed by atoms with Crippen molar-refractivity contribution in [2.75, 3.05) is 7.11 Å². The first kappa shape index (κ1) is 9.15. The summed E-state index contributed by atoms with van der Waals surface area (Å²) in [5.74, 6) is 0. The van der Waals surface area contributed by atoms with Gasteiger partial charge in [-0.15, -0.1) is 0 Å². The summed E-state index contributed by atoms with van der Waals surface area (Å²) in [4.78, 5) is 10.1. The molecule has 0 aliphatic heterocycles. The SMILES string of the molecule is COC1[C]Cc2cc([N+](=O)[O-])ccc21. The Bertz CT molecular complexity index is 376. The van der Waals surface area contributed by atoms with Gasteiger partial charge in [0.05, 0.1) is 11.0 Å². The minimum Gasteiger partial charge on any atom is -0.376 e. The number of hydrogen-bond acceptors (Lipinski definition) is 3. The van der Waals surface area contributed by atoms with Gasteiger partial charge in [0.25, 0.3) is 5.69 Å². The van der Waals surface area contributed by atoms with Crippen LogP contribution in [0.25, 0.3) is 0 Å². The molecule has 72 valence electrons. The third-order valence-corrected chi connectivity index (χ3v) is 2.33. The molecular formula is C10H9NO3. The van der Waals surface area contributed by atoms with Crippen molar-refractivity contribution in [2.45, 2.75) is 12.5 Å². The second-order valence-corrected chi connectivity index (χ2v) is 3.14. The average Bonchev–Trinajstić information content (AvgIpc) is 2.59. The van der Waals surface area contributed by atoms with Crippen LogP contribution in [0.4, 0.5) is 5.69 Å². The summed E-state index contributed by atoms with van der Waals surface area (Å²) < 4.78 is 5.16. The molecule has 4 nitrogen and oxygen atoms in total. The van der Waals surface area contributed by atoms with Gasteiger partial charge >= 0.3 is 0 Å². The Labute approximate surface area is 81.7 Å². The largest absolute Gasteiger partial charge is 0.376 e. The molecule has 0 spiro atoms. The second kappa shape index (κ2) is 3.38. The molecule has 0 aromatic heterocycles. The minimum atomic E-state index is -0.388. The number of nitrogens with zero attached hydrogens (tertiary/aromatic N) is 1. The van der Waals surface area contributed by atoms with Crippen LogP contribution in [0.1, 0.15) is 17.2 Å². The molecule has 14 heavy (non-hydrogen) atoms. The van der Waals surface area contributed by atoms with Crippen LogP contribution in [-0.2, 0) is 11.2 Å². The lowest BCUT2D eigenvalue weighted by Crippen LogP contribution is -1.96. The number of benzene rings is 1. The van der Waals surface area contributed by atoms with Crippen LogP contribution in [0.2, 0.25) is 0 Å². The van der Waals surface area contributed by atoms with Crippen LogP contribution < -0.4 is 0 Å². The highest BCUT2D eigenvalue weighted by Crippen LogP contribution is 2.34.